The molecule has 0 saturated carbocycles. The number of fused-ring (bicyclic) bond motifs is 1. The van der Waals surface area contributed by atoms with Gasteiger partial charge >= 0.3 is 0 Å². The Bertz CT molecular complexity index is 642. The third kappa shape index (κ3) is 2.38. The standard InChI is InChI=1S/C12H16N4OS2/c1-14-11(7-17)13-16(12(14)18)8-15-4-2-10-9(6-15)3-5-19-10/h3,5,17H,2,4,6-8H2,1H3. The van der Waals surface area contributed by atoms with Gasteiger partial charge in [-0.05, 0) is 35.6 Å². The molecule has 0 atom stereocenters. The average molecular weight is 296 g/mol. The van der Waals surface area contributed by atoms with Gasteiger partial charge < -0.3 is 9.67 Å². The van der Waals surface area contributed by atoms with Crippen LogP contribution in [0, 0.1) is 4.77 Å². The summed E-state index contributed by atoms with van der Waals surface area (Å²) < 4.78 is 4.20. The van der Waals surface area contributed by atoms with Crippen molar-refractivity contribution in [2.75, 3.05) is 6.54 Å². The normalized spacial score (nSPS) is 15.7. The molecular weight excluding hydrogens is 280 g/mol. The number of aromatic nitrogens is 3. The minimum atomic E-state index is -0.0815. The Kier molecular flexibility index (Phi) is 3.53. The van der Waals surface area contributed by atoms with E-state index in [-0.39, 0.29) is 6.61 Å². The molecule has 0 bridgehead atoms. The third-order valence-corrected chi connectivity index (χ3v) is 5.00. The fraction of sp³-hybridized carbons (Fsp3) is 0.500. The largest absolute Gasteiger partial charge is 0.388 e. The van der Waals surface area contributed by atoms with Gasteiger partial charge in [-0.25, -0.2) is 4.68 Å². The van der Waals surface area contributed by atoms with Crippen LogP contribution in [0.1, 0.15) is 16.3 Å². The lowest BCUT2D eigenvalue weighted by molar-refractivity contribution is 0.188. The predicted molar refractivity (Wildman–Crippen MR) is 76.4 cm³/mol. The Balaban J connectivity index is 1.78. The molecule has 0 amide bonds. The highest BCUT2D eigenvalue weighted by Crippen LogP contribution is 2.24. The summed E-state index contributed by atoms with van der Waals surface area (Å²) in [5, 5.41) is 15.7. The molecule has 0 aliphatic carbocycles. The lowest BCUT2D eigenvalue weighted by atomic mass is 10.1. The van der Waals surface area contributed by atoms with Crippen molar-refractivity contribution < 1.29 is 5.11 Å². The molecule has 1 aliphatic heterocycles. The van der Waals surface area contributed by atoms with E-state index in [0.29, 0.717) is 17.3 Å². The maximum absolute atomic E-state index is 9.21. The van der Waals surface area contributed by atoms with Gasteiger partial charge in [0.05, 0.1) is 6.67 Å². The van der Waals surface area contributed by atoms with E-state index in [1.807, 2.05) is 18.4 Å². The summed E-state index contributed by atoms with van der Waals surface area (Å²) in [5.41, 5.74) is 1.42. The van der Waals surface area contributed by atoms with Crippen molar-refractivity contribution in [1.29, 1.82) is 0 Å². The second-order valence-corrected chi connectivity index (χ2v) is 6.09. The van der Waals surface area contributed by atoms with Crippen LogP contribution in [0.2, 0.25) is 0 Å². The summed E-state index contributed by atoms with van der Waals surface area (Å²) in [4.78, 5) is 3.83. The smallest absolute Gasteiger partial charge is 0.198 e. The number of hydrogen-bond donors (Lipinski definition) is 1. The zero-order valence-electron chi connectivity index (χ0n) is 10.7. The summed E-state index contributed by atoms with van der Waals surface area (Å²) in [6, 6.07) is 2.20. The van der Waals surface area contributed by atoms with Gasteiger partial charge in [0.1, 0.15) is 6.61 Å². The number of nitrogens with zero attached hydrogens (tertiary/aromatic N) is 4. The summed E-state index contributed by atoms with van der Waals surface area (Å²) in [6.45, 7) is 2.58. The highest BCUT2D eigenvalue weighted by atomic mass is 32.1. The lowest BCUT2D eigenvalue weighted by Gasteiger charge is -2.26. The number of hydrogen-bond acceptors (Lipinski definition) is 5. The van der Waals surface area contributed by atoms with Crippen molar-refractivity contribution in [3.63, 3.8) is 0 Å². The molecule has 2 aromatic rings. The van der Waals surface area contributed by atoms with Crippen LogP contribution in [0.15, 0.2) is 11.4 Å². The van der Waals surface area contributed by atoms with Crippen LogP contribution >= 0.6 is 23.6 Å². The van der Waals surface area contributed by atoms with Crippen molar-refractivity contribution in [3.8, 4) is 0 Å². The molecule has 1 N–H and O–H groups in total. The molecule has 7 heteroatoms. The van der Waals surface area contributed by atoms with Gasteiger partial charge in [0, 0.05) is 25.0 Å². The van der Waals surface area contributed by atoms with E-state index in [9.17, 15) is 5.11 Å². The van der Waals surface area contributed by atoms with Crippen LogP contribution in [0.3, 0.4) is 0 Å². The molecule has 0 spiro atoms. The molecule has 19 heavy (non-hydrogen) atoms. The fourth-order valence-corrected chi connectivity index (χ4v) is 3.47. The number of thiophene rings is 1. The Hall–Kier alpha value is -1.02. The molecular formula is C12H16N4OS2. The molecule has 0 fully saturated rings. The first-order valence-corrected chi connectivity index (χ1v) is 7.49. The van der Waals surface area contributed by atoms with Crippen molar-refractivity contribution >= 4 is 23.6 Å². The Morgan fingerprint density at radius 3 is 3.11 bits per heavy atom. The average Bonchev–Trinajstić information content (AvgIpc) is 2.98. The quantitative estimate of drug-likeness (QED) is 0.873. The Morgan fingerprint density at radius 2 is 2.37 bits per heavy atom. The number of rotatable bonds is 3. The maximum Gasteiger partial charge on any atom is 0.198 e. The van der Waals surface area contributed by atoms with Crippen molar-refractivity contribution in [1.82, 2.24) is 19.2 Å². The first-order valence-electron chi connectivity index (χ1n) is 6.20. The van der Waals surface area contributed by atoms with E-state index in [4.69, 9.17) is 12.2 Å². The highest BCUT2D eigenvalue weighted by Gasteiger charge is 2.18. The molecule has 3 heterocycles. The van der Waals surface area contributed by atoms with Gasteiger partial charge in [0.25, 0.3) is 0 Å². The van der Waals surface area contributed by atoms with Crippen molar-refractivity contribution in [2.24, 2.45) is 7.05 Å². The number of aliphatic hydroxyl groups is 1. The van der Waals surface area contributed by atoms with Crippen LogP contribution in [-0.4, -0.2) is 30.9 Å². The highest BCUT2D eigenvalue weighted by molar-refractivity contribution is 7.71. The lowest BCUT2D eigenvalue weighted by Crippen LogP contribution is -2.32. The van der Waals surface area contributed by atoms with E-state index in [2.05, 4.69) is 21.4 Å². The monoisotopic (exact) mass is 296 g/mol. The molecule has 0 unspecified atom stereocenters. The van der Waals surface area contributed by atoms with E-state index in [1.54, 1.807) is 9.25 Å². The predicted octanol–water partition coefficient (Wildman–Crippen LogP) is 1.52. The van der Waals surface area contributed by atoms with Gasteiger partial charge in [-0.2, -0.15) is 5.10 Å². The van der Waals surface area contributed by atoms with Gasteiger partial charge in [-0.1, -0.05) is 0 Å². The van der Waals surface area contributed by atoms with Gasteiger partial charge in [0.2, 0.25) is 0 Å². The minimum Gasteiger partial charge on any atom is -0.388 e. The molecule has 3 rings (SSSR count). The van der Waals surface area contributed by atoms with Gasteiger partial charge in [0.15, 0.2) is 10.6 Å². The van der Waals surface area contributed by atoms with E-state index >= 15 is 0 Å². The summed E-state index contributed by atoms with van der Waals surface area (Å²) in [7, 11) is 1.84. The van der Waals surface area contributed by atoms with Crippen LogP contribution in [0.4, 0.5) is 0 Å². The molecule has 1 aliphatic rings. The second kappa shape index (κ2) is 5.16. The van der Waals surface area contributed by atoms with Crippen molar-refractivity contribution in [2.45, 2.75) is 26.2 Å². The summed E-state index contributed by atoms with van der Waals surface area (Å²) >= 11 is 7.18. The molecule has 5 nitrogen and oxygen atoms in total. The van der Waals surface area contributed by atoms with Crippen LogP contribution in [0.5, 0.6) is 0 Å². The topological polar surface area (TPSA) is 46.2 Å². The Morgan fingerprint density at radius 1 is 1.53 bits per heavy atom. The van der Waals surface area contributed by atoms with Gasteiger partial charge in [-0.15, -0.1) is 11.3 Å². The zero-order valence-corrected chi connectivity index (χ0v) is 12.4. The first-order chi connectivity index (χ1) is 9.19. The first kappa shape index (κ1) is 13.0. The summed E-state index contributed by atoms with van der Waals surface area (Å²) in [6.07, 6.45) is 1.10. The molecule has 102 valence electrons. The van der Waals surface area contributed by atoms with Gasteiger partial charge in [-0.3, -0.25) is 4.90 Å². The fourth-order valence-electron chi connectivity index (χ4n) is 2.38. The molecule has 0 saturated heterocycles. The third-order valence-electron chi connectivity index (χ3n) is 3.49. The van der Waals surface area contributed by atoms with Crippen molar-refractivity contribution in [3.05, 3.63) is 32.5 Å². The van der Waals surface area contributed by atoms with Crippen LogP contribution in [0.25, 0.3) is 0 Å². The number of aliphatic hydroxyl groups excluding tert-OH is 1. The molecule has 0 radical (unpaired) electrons. The second-order valence-electron chi connectivity index (χ2n) is 4.73. The maximum atomic E-state index is 9.21. The van der Waals surface area contributed by atoms with E-state index in [0.717, 1.165) is 19.5 Å². The van der Waals surface area contributed by atoms with E-state index < -0.39 is 0 Å². The molecule has 0 aromatic carbocycles. The SMILES string of the molecule is Cn1c(CO)nn(CN2CCc3sccc3C2)c1=S. The molecule has 2 aromatic heterocycles. The zero-order chi connectivity index (χ0) is 13.4. The van der Waals surface area contributed by atoms with Crippen LogP contribution in [-0.2, 0) is 33.3 Å². The minimum absolute atomic E-state index is 0.0815. The van der Waals surface area contributed by atoms with E-state index in [1.165, 1.54) is 10.4 Å². The Labute approximate surface area is 120 Å². The van der Waals surface area contributed by atoms with Crippen LogP contribution < -0.4 is 0 Å². The summed E-state index contributed by atoms with van der Waals surface area (Å²) in [5.74, 6) is 0.609.